The Morgan fingerprint density at radius 2 is 1.61 bits per heavy atom. The molecule has 0 unspecified atom stereocenters. The minimum absolute atomic E-state index is 0.418. The summed E-state index contributed by atoms with van der Waals surface area (Å²) in [6.07, 6.45) is 0. The smallest absolute Gasteiger partial charge is 0.337 e. The van der Waals surface area contributed by atoms with Gasteiger partial charge in [0.25, 0.3) is 0 Å². The van der Waals surface area contributed by atoms with Crippen molar-refractivity contribution in [1.29, 1.82) is 0 Å². The maximum Gasteiger partial charge on any atom is 0.337 e. The Kier molecular flexibility index (Phi) is 6.00. The third-order valence-corrected chi connectivity index (χ3v) is 5.30. The fraction of sp³-hybridized carbons (Fsp3) is 0.292. The molecule has 4 heteroatoms. The summed E-state index contributed by atoms with van der Waals surface area (Å²) < 4.78 is 2.11. The molecule has 0 atom stereocenters. The lowest BCUT2D eigenvalue weighted by molar-refractivity contribution is 0.0694. The van der Waals surface area contributed by atoms with E-state index in [1.165, 1.54) is 22.3 Å². The van der Waals surface area contributed by atoms with Crippen LogP contribution in [0.1, 0.15) is 49.6 Å². The lowest BCUT2D eigenvalue weighted by atomic mass is 10.1. The van der Waals surface area contributed by atoms with Crippen LogP contribution in [0.2, 0.25) is 0 Å². The van der Waals surface area contributed by atoms with E-state index in [1.807, 2.05) is 19.9 Å². The van der Waals surface area contributed by atoms with Gasteiger partial charge in [-0.3, -0.25) is 0 Å². The lowest BCUT2D eigenvalue weighted by Gasteiger charge is -2.11. The first-order valence-electron chi connectivity index (χ1n) is 9.60. The van der Waals surface area contributed by atoms with E-state index in [2.05, 4.69) is 66.2 Å². The zero-order valence-corrected chi connectivity index (χ0v) is 17.0. The molecule has 0 saturated heterocycles. The molecule has 0 saturated carbocycles. The summed E-state index contributed by atoms with van der Waals surface area (Å²) in [5.41, 5.74) is 7.91. The standard InChI is InChI=1S/C24H28N2O2/c1-16-8-10-20(11-9-16)15-26-18(3)22(23(19(26)4)24(27)28)14-25-13-21-7-5-6-17(2)12-21/h5-12,25H,13-15H2,1-4H3,(H,27,28). The number of hydrogen-bond donors (Lipinski definition) is 2. The second kappa shape index (κ2) is 8.44. The van der Waals surface area contributed by atoms with Crippen LogP contribution < -0.4 is 5.32 Å². The Hall–Kier alpha value is -2.85. The molecule has 3 aromatic rings. The Balaban J connectivity index is 1.83. The fourth-order valence-electron chi connectivity index (χ4n) is 3.72. The van der Waals surface area contributed by atoms with Crippen LogP contribution in [0.25, 0.3) is 0 Å². The first-order valence-corrected chi connectivity index (χ1v) is 9.60. The zero-order valence-electron chi connectivity index (χ0n) is 17.0. The van der Waals surface area contributed by atoms with Crippen LogP contribution >= 0.6 is 0 Å². The first kappa shape index (κ1) is 19.9. The van der Waals surface area contributed by atoms with Crippen molar-refractivity contribution in [1.82, 2.24) is 9.88 Å². The molecule has 0 aliphatic heterocycles. The van der Waals surface area contributed by atoms with Crippen LogP contribution in [0.15, 0.2) is 48.5 Å². The molecule has 0 amide bonds. The van der Waals surface area contributed by atoms with Crippen molar-refractivity contribution in [2.45, 2.75) is 47.3 Å². The molecule has 1 aromatic heterocycles. The van der Waals surface area contributed by atoms with Gasteiger partial charge in [-0.25, -0.2) is 4.79 Å². The third-order valence-electron chi connectivity index (χ3n) is 5.30. The Morgan fingerprint density at radius 1 is 0.893 bits per heavy atom. The number of benzene rings is 2. The van der Waals surface area contributed by atoms with Gasteiger partial charge >= 0.3 is 5.97 Å². The number of aromatic nitrogens is 1. The molecular weight excluding hydrogens is 348 g/mol. The van der Waals surface area contributed by atoms with Crippen LogP contribution in [0.3, 0.4) is 0 Å². The Morgan fingerprint density at radius 3 is 2.25 bits per heavy atom. The van der Waals surface area contributed by atoms with Crippen molar-refractivity contribution in [2.24, 2.45) is 0 Å². The molecule has 0 radical (unpaired) electrons. The Bertz CT molecular complexity index is 985. The van der Waals surface area contributed by atoms with E-state index in [4.69, 9.17) is 0 Å². The van der Waals surface area contributed by atoms with Gasteiger partial charge in [0.05, 0.1) is 5.56 Å². The van der Waals surface area contributed by atoms with Gasteiger partial charge in [0.15, 0.2) is 0 Å². The van der Waals surface area contributed by atoms with Crippen molar-refractivity contribution in [3.63, 3.8) is 0 Å². The molecule has 0 aliphatic carbocycles. The number of aryl methyl sites for hydroxylation is 2. The van der Waals surface area contributed by atoms with Gasteiger partial charge in [-0.15, -0.1) is 0 Å². The van der Waals surface area contributed by atoms with Gasteiger partial charge in [-0.1, -0.05) is 59.7 Å². The number of hydrogen-bond acceptors (Lipinski definition) is 2. The molecule has 2 aromatic carbocycles. The summed E-state index contributed by atoms with van der Waals surface area (Å²) in [6, 6.07) is 16.7. The van der Waals surface area contributed by atoms with Crippen LogP contribution in [0, 0.1) is 27.7 Å². The second-order valence-electron chi connectivity index (χ2n) is 7.49. The molecule has 1 heterocycles. The molecule has 3 rings (SSSR count). The largest absolute Gasteiger partial charge is 0.478 e. The summed E-state index contributed by atoms with van der Waals surface area (Å²) in [7, 11) is 0. The second-order valence-corrected chi connectivity index (χ2v) is 7.49. The van der Waals surface area contributed by atoms with Gasteiger partial charge in [-0.2, -0.15) is 0 Å². The number of carbonyl (C=O) groups is 1. The zero-order chi connectivity index (χ0) is 20.3. The van der Waals surface area contributed by atoms with Gasteiger partial charge < -0.3 is 15.0 Å². The highest BCUT2D eigenvalue weighted by Crippen LogP contribution is 2.24. The highest BCUT2D eigenvalue weighted by atomic mass is 16.4. The van der Waals surface area contributed by atoms with Crippen LogP contribution in [0.4, 0.5) is 0 Å². The maximum absolute atomic E-state index is 11.9. The van der Waals surface area contributed by atoms with Crippen molar-refractivity contribution in [3.8, 4) is 0 Å². The number of carboxylic acid groups (broad SMARTS) is 1. The van der Waals surface area contributed by atoms with Gasteiger partial charge in [-0.05, 0) is 38.8 Å². The summed E-state index contributed by atoms with van der Waals surface area (Å²) >= 11 is 0. The Labute approximate surface area is 166 Å². The van der Waals surface area contributed by atoms with Crippen molar-refractivity contribution < 1.29 is 9.90 Å². The monoisotopic (exact) mass is 376 g/mol. The van der Waals surface area contributed by atoms with E-state index in [0.29, 0.717) is 25.2 Å². The van der Waals surface area contributed by atoms with E-state index in [-0.39, 0.29) is 0 Å². The average Bonchev–Trinajstić information content (AvgIpc) is 2.88. The number of rotatable bonds is 7. The highest BCUT2D eigenvalue weighted by molar-refractivity contribution is 5.91. The first-order chi connectivity index (χ1) is 13.4. The highest BCUT2D eigenvalue weighted by Gasteiger charge is 2.22. The van der Waals surface area contributed by atoms with E-state index < -0.39 is 5.97 Å². The molecular formula is C24H28N2O2. The van der Waals surface area contributed by atoms with E-state index in [9.17, 15) is 9.90 Å². The van der Waals surface area contributed by atoms with E-state index >= 15 is 0 Å². The quantitative estimate of drug-likeness (QED) is 0.625. The van der Waals surface area contributed by atoms with Gasteiger partial charge in [0.2, 0.25) is 0 Å². The van der Waals surface area contributed by atoms with Crippen LogP contribution in [-0.2, 0) is 19.6 Å². The van der Waals surface area contributed by atoms with Crippen molar-refractivity contribution >= 4 is 5.97 Å². The molecule has 146 valence electrons. The molecule has 0 bridgehead atoms. The number of carboxylic acids is 1. The maximum atomic E-state index is 11.9. The van der Waals surface area contributed by atoms with Crippen molar-refractivity contribution in [2.75, 3.05) is 0 Å². The molecule has 2 N–H and O–H groups in total. The fourth-order valence-corrected chi connectivity index (χ4v) is 3.72. The normalized spacial score (nSPS) is 11.0. The summed E-state index contributed by atoms with van der Waals surface area (Å²) in [4.78, 5) is 11.9. The van der Waals surface area contributed by atoms with Gasteiger partial charge in [0, 0.05) is 36.6 Å². The molecule has 4 nitrogen and oxygen atoms in total. The molecule has 0 aliphatic rings. The SMILES string of the molecule is Cc1ccc(Cn2c(C)c(CNCc3cccc(C)c3)c(C(=O)O)c2C)cc1. The predicted octanol–water partition coefficient (Wildman–Crippen LogP) is 4.76. The van der Waals surface area contributed by atoms with Crippen molar-refractivity contribution in [3.05, 3.63) is 93.3 Å². The predicted molar refractivity (Wildman–Crippen MR) is 113 cm³/mol. The molecule has 0 fully saturated rings. The lowest BCUT2D eigenvalue weighted by Crippen LogP contribution is -2.15. The number of nitrogens with zero attached hydrogens (tertiary/aromatic N) is 1. The van der Waals surface area contributed by atoms with E-state index in [0.717, 1.165) is 17.0 Å². The summed E-state index contributed by atoms with van der Waals surface area (Å²) in [5, 5.41) is 13.2. The topological polar surface area (TPSA) is 54.3 Å². The van der Waals surface area contributed by atoms with Crippen LogP contribution in [-0.4, -0.2) is 15.6 Å². The minimum atomic E-state index is -0.865. The summed E-state index contributed by atoms with van der Waals surface area (Å²) in [6.45, 7) is 9.97. The molecule has 0 spiro atoms. The number of nitrogens with one attached hydrogen (secondary N) is 1. The molecule has 28 heavy (non-hydrogen) atoms. The minimum Gasteiger partial charge on any atom is -0.478 e. The van der Waals surface area contributed by atoms with E-state index in [1.54, 1.807) is 0 Å². The van der Waals surface area contributed by atoms with Gasteiger partial charge in [0.1, 0.15) is 0 Å². The average molecular weight is 377 g/mol. The van der Waals surface area contributed by atoms with Crippen LogP contribution in [0.5, 0.6) is 0 Å². The third kappa shape index (κ3) is 4.34. The number of aromatic carboxylic acids is 1. The summed E-state index contributed by atoms with van der Waals surface area (Å²) in [5.74, 6) is -0.865.